The maximum Gasteiger partial charge on any atom is 0.416 e. The number of carbonyl (C=O) groups is 1. The number of hydrogen-bond donors (Lipinski definition) is 0. The summed E-state index contributed by atoms with van der Waals surface area (Å²) in [6.45, 7) is 2.84. The maximum atomic E-state index is 13.4. The minimum absolute atomic E-state index is 0.0303. The van der Waals surface area contributed by atoms with Crippen molar-refractivity contribution in [1.82, 2.24) is 10.2 Å². The van der Waals surface area contributed by atoms with Crippen LogP contribution in [-0.2, 0) is 27.5 Å². The second kappa shape index (κ2) is 10.9. The number of aromatic nitrogens is 2. The molecule has 0 radical (unpaired) electrons. The fourth-order valence-electron chi connectivity index (χ4n) is 3.43. The number of nitrogens with zero attached hydrogens (tertiary/aromatic N) is 3. The highest BCUT2D eigenvalue weighted by molar-refractivity contribution is 7.92. The molecule has 1 heterocycles. The van der Waals surface area contributed by atoms with Crippen LogP contribution in [0.1, 0.15) is 21.8 Å². The molecule has 3 aromatic carbocycles. The molecule has 4 rings (SSSR count). The molecule has 0 aliphatic rings. The number of anilines is 1. The van der Waals surface area contributed by atoms with Gasteiger partial charge in [-0.3, -0.25) is 4.31 Å². The Balaban J connectivity index is 1.54. The molecule has 12 heteroatoms. The first kappa shape index (κ1) is 26.6. The number of alkyl halides is 3. The highest BCUT2D eigenvalue weighted by Gasteiger charge is 2.32. The van der Waals surface area contributed by atoms with E-state index in [1.54, 1.807) is 24.3 Å². The van der Waals surface area contributed by atoms with E-state index in [0.717, 1.165) is 28.6 Å². The first-order valence-electron chi connectivity index (χ1n) is 11.1. The summed E-state index contributed by atoms with van der Waals surface area (Å²) in [5, 5.41) is 7.73. The van der Waals surface area contributed by atoms with Gasteiger partial charge in [-0.15, -0.1) is 16.8 Å². The van der Waals surface area contributed by atoms with Crippen LogP contribution in [0.25, 0.3) is 11.5 Å². The van der Waals surface area contributed by atoms with Crippen molar-refractivity contribution in [2.24, 2.45) is 0 Å². The number of carbonyl (C=O) groups excluding carboxylic acids is 1. The van der Waals surface area contributed by atoms with Crippen LogP contribution in [0.5, 0.6) is 0 Å². The van der Waals surface area contributed by atoms with Crippen molar-refractivity contribution in [2.45, 2.75) is 17.7 Å². The van der Waals surface area contributed by atoms with Crippen LogP contribution in [0, 0.1) is 0 Å². The highest BCUT2D eigenvalue weighted by Crippen LogP contribution is 2.33. The van der Waals surface area contributed by atoms with Gasteiger partial charge in [0.25, 0.3) is 15.9 Å². The summed E-state index contributed by atoms with van der Waals surface area (Å²) < 4.78 is 77.8. The first-order valence-corrected chi connectivity index (χ1v) is 12.5. The van der Waals surface area contributed by atoms with Gasteiger partial charge in [-0.1, -0.05) is 36.4 Å². The van der Waals surface area contributed by atoms with Crippen LogP contribution in [0.15, 0.2) is 101 Å². The van der Waals surface area contributed by atoms with Gasteiger partial charge in [-0.05, 0) is 48.5 Å². The average Bonchev–Trinajstić information content (AvgIpc) is 3.39. The molecule has 0 unspecified atom stereocenters. The number of rotatable bonds is 9. The molecule has 8 nitrogen and oxygen atoms in total. The molecule has 38 heavy (non-hydrogen) atoms. The molecule has 0 aliphatic heterocycles. The van der Waals surface area contributed by atoms with Crippen molar-refractivity contribution in [3.05, 3.63) is 109 Å². The molecule has 196 valence electrons. The number of benzene rings is 3. The minimum atomic E-state index is -4.66. The summed E-state index contributed by atoms with van der Waals surface area (Å²) in [5.41, 5.74) is -0.636. The van der Waals surface area contributed by atoms with E-state index in [0.29, 0.717) is 5.56 Å². The third-order valence-corrected chi connectivity index (χ3v) is 7.02. The van der Waals surface area contributed by atoms with E-state index in [9.17, 15) is 26.4 Å². The van der Waals surface area contributed by atoms with Gasteiger partial charge in [0.05, 0.1) is 28.3 Å². The molecular weight excluding hydrogens is 523 g/mol. The molecule has 0 atom stereocenters. The van der Waals surface area contributed by atoms with Crippen LogP contribution in [0.2, 0.25) is 0 Å². The Morgan fingerprint density at radius 1 is 1.00 bits per heavy atom. The van der Waals surface area contributed by atoms with E-state index in [2.05, 4.69) is 16.8 Å². The lowest BCUT2D eigenvalue weighted by Crippen LogP contribution is -2.31. The second-order valence-electron chi connectivity index (χ2n) is 7.84. The smallest absolute Gasteiger partial charge is 0.416 e. The van der Waals surface area contributed by atoms with Crippen molar-refractivity contribution < 1.29 is 35.5 Å². The molecule has 0 saturated carbocycles. The zero-order chi connectivity index (χ0) is 27.3. The zero-order valence-electron chi connectivity index (χ0n) is 19.6. The largest absolute Gasteiger partial charge is 0.452 e. The Labute approximate surface area is 216 Å². The van der Waals surface area contributed by atoms with E-state index in [-0.39, 0.29) is 41.1 Å². The molecule has 0 fully saturated rings. The van der Waals surface area contributed by atoms with Gasteiger partial charge in [-0.25, -0.2) is 13.2 Å². The Morgan fingerprint density at radius 3 is 2.45 bits per heavy atom. The van der Waals surface area contributed by atoms with E-state index < -0.39 is 27.7 Å². The number of esters is 1. The number of ether oxygens (including phenoxy) is 1. The predicted octanol–water partition coefficient (Wildman–Crippen LogP) is 5.49. The summed E-state index contributed by atoms with van der Waals surface area (Å²) in [6, 6.07) is 17.8. The van der Waals surface area contributed by atoms with Crippen LogP contribution < -0.4 is 4.31 Å². The Kier molecular flexibility index (Phi) is 7.62. The zero-order valence-corrected chi connectivity index (χ0v) is 20.4. The third kappa shape index (κ3) is 5.92. The normalized spacial score (nSPS) is 11.7. The Bertz CT molecular complexity index is 1550. The number of sulfonamides is 1. The van der Waals surface area contributed by atoms with Crippen molar-refractivity contribution in [3.63, 3.8) is 0 Å². The fourth-order valence-corrected chi connectivity index (χ4v) is 4.90. The summed E-state index contributed by atoms with van der Waals surface area (Å²) in [4.78, 5) is 12.3. The van der Waals surface area contributed by atoms with Gasteiger partial charge < -0.3 is 9.15 Å². The quantitative estimate of drug-likeness (QED) is 0.203. The number of hydrogen-bond acceptors (Lipinski definition) is 7. The van der Waals surface area contributed by atoms with Crippen molar-refractivity contribution in [2.75, 3.05) is 10.8 Å². The van der Waals surface area contributed by atoms with Gasteiger partial charge >= 0.3 is 12.1 Å². The van der Waals surface area contributed by atoms with Crippen molar-refractivity contribution >= 4 is 21.7 Å². The molecule has 0 N–H and O–H groups in total. The van der Waals surface area contributed by atoms with Crippen molar-refractivity contribution in [1.29, 1.82) is 0 Å². The molecule has 1 aromatic heterocycles. The van der Waals surface area contributed by atoms with Gasteiger partial charge in [0.15, 0.2) is 6.61 Å². The van der Waals surface area contributed by atoms with Crippen LogP contribution >= 0.6 is 0 Å². The van der Waals surface area contributed by atoms with E-state index in [1.165, 1.54) is 30.3 Å². The van der Waals surface area contributed by atoms with Gasteiger partial charge in [0.2, 0.25) is 5.89 Å². The minimum Gasteiger partial charge on any atom is -0.452 e. The summed E-state index contributed by atoms with van der Waals surface area (Å²) in [6.07, 6.45) is -3.42. The van der Waals surface area contributed by atoms with Crippen LogP contribution in [0.4, 0.5) is 18.9 Å². The Hall–Kier alpha value is -4.45. The second-order valence-corrected chi connectivity index (χ2v) is 9.71. The van der Waals surface area contributed by atoms with Gasteiger partial charge in [-0.2, -0.15) is 13.2 Å². The average molecular weight is 544 g/mol. The number of halogens is 3. The SMILES string of the molecule is C=CCN(c1cccc(C(F)(F)F)c1)S(=O)(=O)c1cccc(C(=O)OCc2nnc(-c3ccccc3)o2)c1. The molecule has 0 spiro atoms. The molecular formula is C26H20F3N3O5S. The molecule has 0 aliphatic carbocycles. The summed E-state index contributed by atoms with van der Waals surface area (Å²) in [7, 11) is -4.38. The van der Waals surface area contributed by atoms with E-state index in [4.69, 9.17) is 9.15 Å². The summed E-state index contributed by atoms with van der Waals surface area (Å²) >= 11 is 0. The lowest BCUT2D eigenvalue weighted by atomic mass is 10.2. The standard InChI is InChI=1S/C26H20F3N3O5S/c1-2-14-32(21-12-7-11-20(16-21)26(27,28)29)38(34,35)22-13-6-10-19(15-22)25(33)36-17-23-30-31-24(37-23)18-8-4-3-5-9-18/h2-13,15-16H,1,14,17H2. The molecule has 4 aromatic rings. The van der Waals surface area contributed by atoms with Crippen LogP contribution in [-0.4, -0.2) is 31.1 Å². The van der Waals surface area contributed by atoms with Gasteiger partial charge in [0, 0.05) is 5.56 Å². The van der Waals surface area contributed by atoms with Gasteiger partial charge in [0.1, 0.15) is 0 Å². The van der Waals surface area contributed by atoms with E-state index >= 15 is 0 Å². The third-order valence-electron chi connectivity index (χ3n) is 5.23. The first-order chi connectivity index (χ1) is 18.1. The van der Waals surface area contributed by atoms with Crippen molar-refractivity contribution in [3.8, 4) is 11.5 Å². The fraction of sp³-hybridized carbons (Fsp3) is 0.115. The monoisotopic (exact) mass is 543 g/mol. The molecule has 0 bridgehead atoms. The summed E-state index contributed by atoms with van der Waals surface area (Å²) in [5.74, 6) is -0.597. The van der Waals surface area contributed by atoms with E-state index in [1.807, 2.05) is 6.07 Å². The van der Waals surface area contributed by atoms with Crippen LogP contribution in [0.3, 0.4) is 0 Å². The molecule has 0 amide bonds. The molecule has 0 saturated heterocycles. The predicted molar refractivity (Wildman–Crippen MR) is 131 cm³/mol. The Morgan fingerprint density at radius 2 is 1.74 bits per heavy atom. The lowest BCUT2D eigenvalue weighted by Gasteiger charge is -2.24. The lowest BCUT2D eigenvalue weighted by molar-refractivity contribution is -0.137. The highest BCUT2D eigenvalue weighted by atomic mass is 32.2. The maximum absolute atomic E-state index is 13.4. The topological polar surface area (TPSA) is 103 Å².